The van der Waals surface area contributed by atoms with Gasteiger partial charge in [0.1, 0.15) is 16.2 Å². The number of nitrogens with zero attached hydrogens (tertiary/aromatic N) is 6. The molecule has 5 N–H and O–H groups in total. The second-order valence-corrected chi connectivity index (χ2v) is 9.08. The van der Waals surface area contributed by atoms with Crippen molar-refractivity contribution in [3.05, 3.63) is 18.6 Å². The summed E-state index contributed by atoms with van der Waals surface area (Å²) in [5.74, 6) is 1.30. The number of anilines is 2. The molecule has 12 heteroatoms. The van der Waals surface area contributed by atoms with Crippen molar-refractivity contribution in [2.45, 2.75) is 41.5 Å². The fraction of sp³-hybridized carbons (Fsp3) is 0.550. The Morgan fingerprint density at radius 1 is 1.19 bits per heavy atom. The van der Waals surface area contributed by atoms with Gasteiger partial charge in [0.25, 0.3) is 5.88 Å². The van der Waals surface area contributed by atoms with Crippen LogP contribution < -0.4 is 26.4 Å². The molecule has 0 aromatic carbocycles. The predicted molar refractivity (Wildman–Crippen MR) is 122 cm³/mol. The Morgan fingerprint density at radius 2 is 1.97 bits per heavy atom. The first-order chi connectivity index (χ1) is 15.5. The van der Waals surface area contributed by atoms with Crippen molar-refractivity contribution in [1.82, 2.24) is 24.8 Å². The zero-order valence-corrected chi connectivity index (χ0v) is 18.9. The lowest BCUT2D eigenvalue weighted by molar-refractivity contribution is -0.114. The van der Waals surface area contributed by atoms with Gasteiger partial charge in [-0.2, -0.15) is 0 Å². The molecule has 11 nitrogen and oxygen atoms in total. The van der Waals surface area contributed by atoms with Gasteiger partial charge in [-0.25, -0.2) is 15.0 Å². The molecule has 2 aromatic rings. The molecule has 2 atom stereocenters. The Hall–Kier alpha value is -2.54. The molecule has 172 valence electrons. The first-order valence-corrected chi connectivity index (χ1v) is 11.5. The highest BCUT2D eigenvalue weighted by Crippen LogP contribution is 2.33. The van der Waals surface area contributed by atoms with Gasteiger partial charge in [0.05, 0.1) is 25.1 Å². The Balaban J connectivity index is 1.54. The van der Waals surface area contributed by atoms with Crippen LogP contribution in [0.1, 0.15) is 19.3 Å². The van der Waals surface area contributed by atoms with Crippen LogP contribution in [0, 0.1) is 0 Å². The second kappa shape index (κ2) is 10.4. The van der Waals surface area contributed by atoms with Crippen LogP contribution in [0.25, 0.3) is 0 Å². The number of rotatable bonds is 7. The van der Waals surface area contributed by atoms with E-state index in [0.717, 1.165) is 51.3 Å². The molecule has 32 heavy (non-hydrogen) atoms. The zero-order chi connectivity index (χ0) is 22.5. The largest absolute Gasteiger partial charge is 0.472 e. The number of nitrogens with two attached hydrogens (primary N) is 2. The highest BCUT2D eigenvalue weighted by molar-refractivity contribution is 7.99. The quantitative estimate of drug-likeness (QED) is 0.526. The number of nitrogens with one attached hydrogen (secondary N) is 1. The van der Waals surface area contributed by atoms with Crippen LogP contribution in [-0.4, -0.2) is 82.7 Å². The average molecular weight is 460 g/mol. The van der Waals surface area contributed by atoms with Gasteiger partial charge in [0, 0.05) is 32.2 Å². The molecule has 0 spiro atoms. The first kappa shape index (κ1) is 22.6. The summed E-state index contributed by atoms with van der Waals surface area (Å²) in [5.41, 5.74) is 11.4. The molecule has 2 unspecified atom stereocenters. The number of ether oxygens (including phenoxy) is 1. The van der Waals surface area contributed by atoms with E-state index in [0.29, 0.717) is 21.7 Å². The molecule has 1 saturated heterocycles. The van der Waals surface area contributed by atoms with Crippen molar-refractivity contribution in [3.8, 4) is 5.88 Å². The van der Waals surface area contributed by atoms with Crippen molar-refractivity contribution in [2.75, 3.05) is 50.0 Å². The number of carbonyl (C=O) groups is 1. The van der Waals surface area contributed by atoms with Gasteiger partial charge in [0.15, 0.2) is 11.6 Å². The van der Waals surface area contributed by atoms with E-state index in [1.807, 2.05) is 0 Å². The van der Waals surface area contributed by atoms with Crippen LogP contribution in [0.4, 0.5) is 11.6 Å². The van der Waals surface area contributed by atoms with E-state index in [1.54, 1.807) is 12.4 Å². The van der Waals surface area contributed by atoms with Crippen molar-refractivity contribution < 1.29 is 9.53 Å². The van der Waals surface area contributed by atoms with Crippen molar-refractivity contribution in [3.63, 3.8) is 0 Å². The first-order valence-electron chi connectivity index (χ1n) is 10.7. The predicted octanol–water partition coefficient (Wildman–Crippen LogP) is 0.325. The summed E-state index contributed by atoms with van der Waals surface area (Å²) < 4.78 is 6.30. The molecule has 2 fully saturated rings. The molecule has 3 heterocycles. The third-order valence-electron chi connectivity index (χ3n) is 5.48. The highest BCUT2D eigenvalue weighted by Gasteiger charge is 2.27. The number of piperazine rings is 1. The maximum absolute atomic E-state index is 11.5. The maximum atomic E-state index is 11.5. The molecule has 2 aromatic heterocycles. The molecule has 2 aliphatic rings. The van der Waals surface area contributed by atoms with Crippen LogP contribution in [0.2, 0.25) is 0 Å². The molecule has 1 aliphatic heterocycles. The van der Waals surface area contributed by atoms with E-state index in [1.165, 1.54) is 18.0 Å². The zero-order valence-electron chi connectivity index (χ0n) is 18.1. The summed E-state index contributed by atoms with van der Waals surface area (Å²) in [7, 11) is 2.12. The van der Waals surface area contributed by atoms with Crippen LogP contribution in [-0.2, 0) is 4.79 Å². The third-order valence-corrected chi connectivity index (χ3v) is 6.29. The lowest BCUT2D eigenvalue weighted by atomic mass is 10.3. The van der Waals surface area contributed by atoms with Crippen LogP contribution >= 0.6 is 11.8 Å². The fourth-order valence-corrected chi connectivity index (χ4v) is 4.42. The number of carbonyl (C=O) groups excluding carboxylic acids is 1. The highest BCUT2D eigenvalue weighted by atomic mass is 32.2. The van der Waals surface area contributed by atoms with Crippen molar-refractivity contribution in [1.29, 1.82) is 0 Å². The minimum Gasteiger partial charge on any atom is -0.472 e. The van der Waals surface area contributed by atoms with E-state index >= 15 is 0 Å². The van der Waals surface area contributed by atoms with Crippen LogP contribution in [0.15, 0.2) is 28.6 Å². The van der Waals surface area contributed by atoms with Gasteiger partial charge >= 0.3 is 0 Å². The monoisotopic (exact) mass is 459 g/mol. The SMILES string of the molecule is CN1CCN(c2ncc(Sc3cncc(NC(=O)CN)n3)nc2OC2CCC(N)C2)CC1. The van der Waals surface area contributed by atoms with Crippen molar-refractivity contribution >= 4 is 29.3 Å². The van der Waals surface area contributed by atoms with E-state index in [4.69, 9.17) is 26.2 Å². The summed E-state index contributed by atoms with van der Waals surface area (Å²) in [4.78, 5) is 34.0. The Labute approximate surface area is 191 Å². The molecule has 0 bridgehead atoms. The smallest absolute Gasteiger partial charge is 0.259 e. The number of hydrogen-bond donors (Lipinski definition) is 3. The van der Waals surface area contributed by atoms with E-state index in [9.17, 15) is 4.79 Å². The molecular weight excluding hydrogens is 430 g/mol. The lowest BCUT2D eigenvalue weighted by Crippen LogP contribution is -2.45. The minimum atomic E-state index is -0.330. The van der Waals surface area contributed by atoms with E-state index in [-0.39, 0.29) is 24.6 Å². The molecule has 1 amide bonds. The standard InChI is InChI=1S/C20H29N9O2S/c1-28-4-6-29(7-5-28)19-20(31-14-3-2-13(22)8-14)27-18(12-24-19)32-17-11-23-10-15(26-17)25-16(30)9-21/h10-14H,2-9,21-22H2,1H3,(H,25,26,30). The van der Waals surface area contributed by atoms with Crippen molar-refractivity contribution in [2.24, 2.45) is 11.5 Å². The second-order valence-electron chi connectivity index (χ2n) is 8.04. The van der Waals surface area contributed by atoms with E-state index < -0.39 is 0 Å². The molecule has 0 radical (unpaired) electrons. The normalized spacial score (nSPS) is 21.5. The van der Waals surface area contributed by atoms with Gasteiger partial charge in [-0.3, -0.25) is 9.78 Å². The summed E-state index contributed by atoms with van der Waals surface area (Å²) in [5, 5.41) is 3.82. The van der Waals surface area contributed by atoms with Gasteiger partial charge in [-0.1, -0.05) is 0 Å². The summed E-state index contributed by atoms with van der Waals surface area (Å²) in [6, 6.07) is 0.166. The van der Waals surface area contributed by atoms with Gasteiger partial charge in [-0.15, -0.1) is 0 Å². The maximum Gasteiger partial charge on any atom is 0.259 e. The van der Waals surface area contributed by atoms with Gasteiger partial charge in [-0.05, 0) is 38.1 Å². The van der Waals surface area contributed by atoms with Gasteiger partial charge in [0.2, 0.25) is 5.91 Å². The number of likely N-dealkylation sites (N-methyl/N-ethyl adjacent to an activating group) is 1. The molecule has 1 aliphatic carbocycles. The van der Waals surface area contributed by atoms with Crippen LogP contribution in [0.5, 0.6) is 5.88 Å². The fourth-order valence-electron chi connectivity index (χ4n) is 3.71. The Kier molecular flexibility index (Phi) is 7.35. The average Bonchev–Trinajstić information content (AvgIpc) is 3.19. The topological polar surface area (TPSA) is 148 Å². The Bertz CT molecular complexity index is 939. The van der Waals surface area contributed by atoms with Crippen LogP contribution in [0.3, 0.4) is 0 Å². The number of hydrogen-bond acceptors (Lipinski definition) is 11. The lowest BCUT2D eigenvalue weighted by Gasteiger charge is -2.33. The Morgan fingerprint density at radius 3 is 2.69 bits per heavy atom. The van der Waals surface area contributed by atoms with E-state index in [2.05, 4.69) is 32.1 Å². The number of aromatic nitrogens is 4. The summed E-state index contributed by atoms with van der Waals surface area (Å²) in [6.07, 6.45) is 7.52. The third kappa shape index (κ3) is 5.82. The summed E-state index contributed by atoms with van der Waals surface area (Å²) in [6.45, 7) is 3.54. The number of amides is 1. The molecular formula is C20H29N9O2S. The minimum absolute atomic E-state index is 0.0420. The molecule has 4 rings (SSSR count). The molecule has 1 saturated carbocycles. The van der Waals surface area contributed by atoms with Gasteiger partial charge < -0.3 is 31.3 Å². The summed E-state index contributed by atoms with van der Waals surface area (Å²) >= 11 is 1.30.